The summed E-state index contributed by atoms with van der Waals surface area (Å²) < 4.78 is 4.76. The number of H-pyrrole nitrogens is 1. The largest absolute Gasteiger partial charge is 0.453 e. The van der Waals surface area contributed by atoms with Gasteiger partial charge < -0.3 is 25.3 Å². The number of fused-ring (bicyclic) bond motifs is 2. The molecule has 10 nitrogen and oxygen atoms in total. The third-order valence-corrected chi connectivity index (χ3v) is 12.9. The predicted octanol–water partition coefficient (Wildman–Crippen LogP) is 8.01. The third-order valence-electron chi connectivity index (χ3n) is 12.0. The van der Waals surface area contributed by atoms with Gasteiger partial charge in [0.25, 0.3) is 0 Å². The van der Waals surface area contributed by atoms with Crippen LogP contribution in [-0.4, -0.2) is 58.2 Å². The Morgan fingerprint density at radius 2 is 1.69 bits per heavy atom. The van der Waals surface area contributed by atoms with Gasteiger partial charge in [0.1, 0.15) is 11.9 Å². The Labute approximate surface area is 320 Å². The van der Waals surface area contributed by atoms with Crippen LogP contribution in [0.25, 0.3) is 28.0 Å². The van der Waals surface area contributed by atoms with E-state index in [4.69, 9.17) is 14.7 Å². The number of carbonyl (C=O) groups is 3. The first-order valence-electron chi connectivity index (χ1n) is 19.2. The maximum absolute atomic E-state index is 13.5. The Balaban J connectivity index is 0.891. The molecule has 6 atom stereocenters. The van der Waals surface area contributed by atoms with Crippen LogP contribution >= 0.6 is 11.3 Å². The number of aromatic amines is 1. The smallest absolute Gasteiger partial charge is 0.407 e. The number of rotatable bonds is 11. The van der Waals surface area contributed by atoms with Gasteiger partial charge >= 0.3 is 6.09 Å². The van der Waals surface area contributed by atoms with E-state index in [2.05, 4.69) is 75.6 Å². The number of alkyl carbamates (subject to hydrolysis) is 1. The molecule has 4 aromatic rings. The van der Waals surface area contributed by atoms with Crippen LogP contribution < -0.4 is 10.6 Å². The van der Waals surface area contributed by atoms with Crippen molar-refractivity contribution in [2.45, 2.75) is 71.0 Å². The molecule has 4 aliphatic rings. The fourth-order valence-corrected chi connectivity index (χ4v) is 9.89. The number of likely N-dealkylation sites (tertiary alicyclic amines) is 1. The molecule has 8 rings (SSSR count). The van der Waals surface area contributed by atoms with Crippen molar-refractivity contribution in [1.29, 1.82) is 0 Å². The van der Waals surface area contributed by atoms with Crippen molar-refractivity contribution < 1.29 is 19.1 Å². The Morgan fingerprint density at radius 3 is 2.39 bits per heavy atom. The second-order valence-electron chi connectivity index (χ2n) is 15.5. The number of hydrogen-bond donors (Lipinski definition) is 3. The van der Waals surface area contributed by atoms with E-state index in [-0.39, 0.29) is 35.6 Å². The lowest BCUT2D eigenvalue weighted by molar-refractivity contribution is -0.135. The lowest BCUT2D eigenvalue weighted by Crippen LogP contribution is -2.51. The molecule has 2 aliphatic carbocycles. The van der Waals surface area contributed by atoms with E-state index < -0.39 is 12.1 Å². The minimum atomic E-state index is -0.670. The number of thiophene rings is 1. The van der Waals surface area contributed by atoms with E-state index in [0.29, 0.717) is 24.9 Å². The highest BCUT2D eigenvalue weighted by molar-refractivity contribution is 7.09. The first kappa shape index (κ1) is 36.0. The number of ether oxygens (including phenoxy) is 1. The lowest BCUT2D eigenvalue weighted by Gasteiger charge is -2.30. The first-order chi connectivity index (χ1) is 26.3. The summed E-state index contributed by atoms with van der Waals surface area (Å²) in [5.41, 5.74) is 7.71. The lowest BCUT2D eigenvalue weighted by atomic mass is 9.75. The second-order valence-corrected chi connectivity index (χ2v) is 16.5. The molecule has 4 heterocycles. The van der Waals surface area contributed by atoms with E-state index in [9.17, 15) is 14.4 Å². The maximum atomic E-state index is 13.5. The van der Waals surface area contributed by atoms with E-state index >= 15 is 0 Å². The van der Waals surface area contributed by atoms with E-state index in [1.165, 1.54) is 35.3 Å². The summed E-state index contributed by atoms with van der Waals surface area (Å²) in [5.74, 6) is 2.00. The summed E-state index contributed by atoms with van der Waals surface area (Å²) in [7, 11) is 1.30. The Morgan fingerprint density at radius 1 is 0.963 bits per heavy atom. The molecule has 0 radical (unpaired) electrons. The van der Waals surface area contributed by atoms with Crippen molar-refractivity contribution in [1.82, 2.24) is 25.5 Å². The number of carbonyl (C=O) groups excluding carboxylic acids is 3. The van der Waals surface area contributed by atoms with Gasteiger partial charge in [0, 0.05) is 41.6 Å². The van der Waals surface area contributed by atoms with Crippen LogP contribution in [0.5, 0.6) is 0 Å². The van der Waals surface area contributed by atoms with Gasteiger partial charge in [0.2, 0.25) is 11.8 Å². The van der Waals surface area contributed by atoms with Gasteiger partial charge in [-0.05, 0) is 89.1 Å². The topological polar surface area (TPSA) is 129 Å². The van der Waals surface area contributed by atoms with Crippen molar-refractivity contribution in [3.8, 4) is 22.4 Å². The van der Waals surface area contributed by atoms with Crippen molar-refractivity contribution in [2.75, 3.05) is 13.7 Å². The third kappa shape index (κ3) is 7.13. The minimum Gasteiger partial charge on any atom is -0.453 e. The van der Waals surface area contributed by atoms with Crippen LogP contribution in [0, 0.1) is 29.6 Å². The molecule has 2 saturated carbocycles. The zero-order valence-electron chi connectivity index (χ0n) is 31.1. The van der Waals surface area contributed by atoms with Crippen molar-refractivity contribution in [2.24, 2.45) is 34.6 Å². The molecule has 54 heavy (non-hydrogen) atoms. The quantitative estimate of drug-likeness (QED) is 0.143. The number of methoxy groups -OCH3 is 1. The number of imidazole rings is 1. The fraction of sp³-hybridized carbons (Fsp3) is 0.419. The van der Waals surface area contributed by atoms with Crippen molar-refractivity contribution in [3.05, 3.63) is 94.7 Å². The summed E-state index contributed by atoms with van der Waals surface area (Å²) in [6.45, 7) is 5.04. The maximum Gasteiger partial charge on any atom is 0.407 e. The highest BCUT2D eigenvalue weighted by Gasteiger charge is 2.52. The van der Waals surface area contributed by atoms with Crippen LogP contribution in [0.3, 0.4) is 0 Å². The molecule has 2 bridgehead atoms. The molecule has 3 amide bonds. The van der Waals surface area contributed by atoms with Crippen LogP contribution in [0.15, 0.2) is 83.4 Å². The Kier molecular flexibility index (Phi) is 10.2. The molecule has 3 unspecified atom stereocenters. The first-order valence-corrected chi connectivity index (χ1v) is 20.1. The number of nitrogens with zero attached hydrogens (tertiary/aromatic N) is 3. The van der Waals surface area contributed by atoms with E-state index in [1.807, 2.05) is 37.2 Å². The normalized spacial score (nSPS) is 23.7. The SMILES string of the molecule is COC(=O)N[C@H](C(=O)N1CCC[C@H]1c1ncc(-c2ccc(-c3ccc(C4=CN=C(C5C6CCC(C6)[C@@H]5C(=O)NCc5cccs5)C4)cc3)cc2)[nH]1)C(C)C. The standard InChI is InChI=1S/C43H48N6O4S/c1-25(2)39(48-43(52)53-3)42(51)49-18-4-7-36(49)40-45-24-35(47-40)29-14-12-27(13-15-29)26-8-10-28(11-9-26)32-21-34(44-22-32)37-30-16-17-31(20-30)38(37)41(50)46-23-33-6-5-19-54-33/h5-6,8-15,19,22,24-25,30-31,36-39H,4,7,16-18,20-21,23H2,1-3H3,(H,45,47)(H,46,50)(H,48,52)/t30?,31?,36-,37?,38-,39-/m0/s1. The van der Waals surface area contributed by atoms with Crippen LogP contribution in [0.1, 0.15) is 74.7 Å². The van der Waals surface area contributed by atoms with Gasteiger partial charge in [0.15, 0.2) is 0 Å². The van der Waals surface area contributed by atoms with Crippen molar-refractivity contribution in [3.63, 3.8) is 0 Å². The van der Waals surface area contributed by atoms with Gasteiger partial charge in [-0.1, -0.05) is 68.4 Å². The number of aromatic nitrogens is 2. The van der Waals surface area contributed by atoms with E-state index in [0.717, 1.165) is 60.3 Å². The van der Waals surface area contributed by atoms with Gasteiger partial charge in [-0.15, -0.1) is 11.3 Å². The van der Waals surface area contributed by atoms with Gasteiger partial charge in [-0.2, -0.15) is 0 Å². The number of aliphatic imine (C=N–C) groups is 1. The molecular formula is C43H48N6O4S. The molecule has 3 N–H and O–H groups in total. The Hall–Kier alpha value is -5.03. The van der Waals surface area contributed by atoms with Gasteiger partial charge in [0.05, 0.1) is 31.6 Å². The summed E-state index contributed by atoms with van der Waals surface area (Å²) in [4.78, 5) is 55.1. The molecule has 2 aromatic carbocycles. The number of hydrogen-bond acceptors (Lipinski definition) is 7. The summed E-state index contributed by atoms with van der Waals surface area (Å²) in [6.07, 6.45) is 9.20. The monoisotopic (exact) mass is 744 g/mol. The number of allylic oxidation sites excluding steroid dienone is 1. The molecule has 11 heteroatoms. The molecule has 2 aliphatic heterocycles. The number of nitrogens with one attached hydrogen (secondary N) is 3. The number of benzene rings is 2. The van der Waals surface area contributed by atoms with Crippen LogP contribution in [0.2, 0.25) is 0 Å². The van der Waals surface area contributed by atoms with Gasteiger partial charge in [-0.3, -0.25) is 14.6 Å². The predicted molar refractivity (Wildman–Crippen MR) is 211 cm³/mol. The summed E-state index contributed by atoms with van der Waals surface area (Å²) in [5, 5.41) is 8.00. The molecular weight excluding hydrogens is 697 g/mol. The zero-order chi connectivity index (χ0) is 37.3. The molecule has 1 saturated heterocycles. The highest BCUT2D eigenvalue weighted by Crippen LogP contribution is 2.54. The van der Waals surface area contributed by atoms with Crippen LogP contribution in [0.4, 0.5) is 4.79 Å². The average molecular weight is 745 g/mol. The van der Waals surface area contributed by atoms with E-state index in [1.54, 1.807) is 11.3 Å². The summed E-state index contributed by atoms with van der Waals surface area (Å²) >= 11 is 1.68. The number of amides is 3. The molecule has 0 spiro atoms. The average Bonchev–Trinajstić information content (AvgIpc) is 4.05. The second kappa shape index (κ2) is 15.4. The summed E-state index contributed by atoms with van der Waals surface area (Å²) in [6, 6.07) is 20.4. The molecule has 280 valence electrons. The minimum absolute atomic E-state index is 0.0230. The molecule has 2 aromatic heterocycles. The van der Waals surface area contributed by atoms with Crippen molar-refractivity contribution >= 4 is 40.5 Å². The highest BCUT2D eigenvalue weighted by atomic mass is 32.1. The fourth-order valence-electron chi connectivity index (χ4n) is 9.25. The molecule has 3 fully saturated rings. The Bertz CT molecular complexity index is 2050. The van der Waals surface area contributed by atoms with Crippen LogP contribution in [-0.2, 0) is 20.9 Å². The van der Waals surface area contributed by atoms with Gasteiger partial charge in [-0.25, -0.2) is 9.78 Å². The zero-order valence-corrected chi connectivity index (χ0v) is 31.9.